The number of hydrogen-bond acceptors (Lipinski definition) is 8. The molecular weight excluding hydrogens is 1080 g/mol. The van der Waals surface area contributed by atoms with Gasteiger partial charge in [-0.15, -0.1) is 11.4 Å². The molecule has 12 heteroatoms. The SMILES string of the molecule is CN(C)c1ccc2c(n1)[n-]c1ccccc12.CN(C)c1ccc2c(n1)[n-]c1ccccc12.CN1C=CN(c2[c-]cccc2)[CH-]1.CN1C=CN(c2[c-]cccc2)[CH-]1.[Pt].[Pt]. The molecule has 8 aromatic rings. The van der Waals surface area contributed by atoms with Gasteiger partial charge in [-0.05, 0) is 94.9 Å². The smallest absolute Gasteiger partial charge is 0.0229 e. The van der Waals surface area contributed by atoms with Gasteiger partial charge in [-0.3, -0.25) is 0 Å². The number of aromatic nitrogens is 4. The van der Waals surface area contributed by atoms with Crippen molar-refractivity contribution in [3.8, 4) is 0 Å². The van der Waals surface area contributed by atoms with Gasteiger partial charge in [0.2, 0.25) is 0 Å². The third kappa shape index (κ3) is 10.5. The topological polar surface area (TPSA) is 73.4 Å². The van der Waals surface area contributed by atoms with Crippen LogP contribution >= 0.6 is 0 Å². The van der Waals surface area contributed by atoms with E-state index in [-0.39, 0.29) is 42.1 Å². The van der Waals surface area contributed by atoms with Gasteiger partial charge in [0.05, 0.1) is 0 Å². The predicted octanol–water partition coefficient (Wildman–Crippen LogP) is 8.48. The van der Waals surface area contributed by atoms with Crippen LogP contribution in [0.5, 0.6) is 0 Å². The van der Waals surface area contributed by atoms with Gasteiger partial charge in [-0.2, -0.15) is 74.0 Å². The summed E-state index contributed by atoms with van der Waals surface area (Å²) in [5.41, 5.74) is 5.82. The molecule has 0 saturated carbocycles. The molecule has 10 rings (SSSR count). The molecule has 304 valence electrons. The monoisotopic (exact) mass is 1130 g/mol. The van der Waals surface area contributed by atoms with E-state index in [0.717, 1.165) is 56.1 Å². The fourth-order valence-corrected chi connectivity index (χ4v) is 6.07. The molecule has 0 atom stereocenters. The predicted molar refractivity (Wildman–Crippen MR) is 232 cm³/mol. The summed E-state index contributed by atoms with van der Waals surface area (Å²) in [6, 6.07) is 46.6. The second-order valence-corrected chi connectivity index (χ2v) is 13.6. The van der Waals surface area contributed by atoms with E-state index in [1.54, 1.807) is 0 Å². The second-order valence-electron chi connectivity index (χ2n) is 13.6. The van der Waals surface area contributed by atoms with Crippen molar-refractivity contribution in [2.24, 2.45) is 0 Å². The standard InChI is InChI=1S/2C13H12N3.2C10H10N2.2Pt/c2*1-16(2)12-8-7-10-9-5-3-4-6-11(9)14-13(10)15-12;2*1-11-7-8-12(9-11)10-5-3-2-4-6-10;;/h2*3-8H,1-2H3;2*2-5,7-9H,1H3;;/q2*-1;2*-2;;. The van der Waals surface area contributed by atoms with Crippen molar-refractivity contribution in [3.05, 3.63) is 172 Å². The number of benzene rings is 4. The maximum Gasteiger partial charge on any atom is 0.0229 e. The summed E-state index contributed by atoms with van der Waals surface area (Å²) in [6.07, 6.45) is 8.01. The normalized spacial score (nSPS) is 12.7. The van der Waals surface area contributed by atoms with Gasteiger partial charge >= 0.3 is 0 Å². The van der Waals surface area contributed by atoms with E-state index in [9.17, 15) is 0 Å². The van der Waals surface area contributed by atoms with Crippen molar-refractivity contribution < 1.29 is 42.1 Å². The van der Waals surface area contributed by atoms with E-state index in [0.29, 0.717) is 0 Å². The van der Waals surface area contributed by atoms with Crippen molar-refractivity contribution in [2.75, 3.05) is 61.9 Å². The number of anilines is 4. The Kier molecular flexibility index (Phi) is 15.2. The van der Waals surface area contributed by atoms with Crippen molar-refractivity contribution >= 4 is 66.9 Å². The zero-order valence-corrected chi connectivity index (χ0v) is 37.7. The van der Waals surface area contributed by atoms with Gasteiger partial charge in [-0.1, -0.05) is 60.7 Å². The summed E-state index contributed by atoms with van der Waals surface area (Å²) < 4.78 is 0. The molecule has 0 amide bonds. The zero-order chi connectivity index (χ0) is 39.0. The summed E-state index contributed by atoms with van der Waals surface area (Å²) in [6.45, 7) is 4.01. The minimum absolute atomic E-state index is 0. The molecule has 58 heavy (non-hydrogen) atoms. The summed E-state index contributed by atoms with van der Waals surface area (Å²) in [5, 5.41) is 4.60. The molecule has 0 radical (unpaired) electrons. The molecule has 2 aliphatic heterocycles. The largest absolute Gasteiger partial charge is 0.510 e. The third-order valence-corrected chi connectivity index (χ3v) is 8.96. The van der Waals surface area contributed by atoms with E-state index >= 15 is 0 Å². The summed E-state index contributed by atoms with van der Waals surface area (Å²) in [4.78, 5) is 30.1. The number of rotatable bonds is 4. The molecule has 2 aliphatic rings. The first-order valence-corrected chi connectivity index (χ1v) is 18.2. The van der Waals surface area contributed by atoms with Crippen molar-refractivity contribution in [3.63, 3.8) is 0 Å². The Hall–Kier alpha value is -5.56. The van der Waals surface area contributed by atoms with Crippen LogP contribution in [0, 0.1) is 25.5 Å². The Morgan fingerprint density at radius 3 is 1.22 bits per heavy atom. The van der Waals surface area contributed by atoms with Crippen LogP contribution in [0.2, 0.25) is 0 Å². The van der Waals surface area contributed by atoms with Crippen LogP contribution in [-0.4, -0.2) is 62.1 Å². The van der Waals surface area contributed by atoms with Crippen molar-refractivity contribution in [2.45, 2.75) is 0 Å². The molecule has 0 aliphatic carbocycles. The first-order chi connectivity index (χ1) is 27.2. The van der Waals surface area contributed by atoms with Gasteiger partial charge in [0.25, 0.3) is 0 Å². The molecule has 4 aromatic carbocycles. The van der Waals surface area contributed by atoms with Crippen LogP contribution in [-0.2, 0) is 42.1 Å². The van der Waals surface area contributed by atoms with E-state index in [1.807, 2.05) is 207 Å². The number of pyridine rings is 2. The van der Waals surface area contributed by atoms with Gasteiger partial charge in [-0.25, -0.2) is 0 Å². The molecule has 4 aromatic heterocycles. The van der Waals surface area contributed by atoms with E-state index in [4.69, 9.17) is 0 Å². The molecule has 6 heterocycles. The fraction of sp³-hybridized carbons (Fsp3) is 0.130. The number of nitrogens with zero attached hydrogens (tertiary/aromatic N) is 10. The van der Waals surface area contributed by atoms with Crippen LogP contribution in [0.3, 0.4) is 0 Å². The maximum absolute atomic E-state index is 4.53. The summed E-state index contributed by atoms with van der Waals surface area (Å²) in [5.74, 6) is 1.88. The van der Waals surface area contributed by atoms with Gasteiger partial charge in [0.1, 0.15) is 0 Å². The Labute approximate surface area is 370 Å². The molecular formula is C46H44N10Pt2-6. The second kappa shape index (κ2) is 20.2. The molecule has 0 saturated heterocycles. The molecule has 0 spiro atoms. The van der Waals surface area contributed by atoms with Gasteiger partial charge in [0.15, 0.2) is 0 Å². The average molecular weight is 1130 g/mol. The number of fused-ring (bicyclic) bond motifs is 6. The summed E-state index contributed by atoms with van der Waals surface area (Å²) in [7, 11) is 11.9. The average Bonchev–Trinajstić information content (AvgIpc) is 4.03. The Bertz CT molecular complexity index is 2390. The Balaban J connectivity index is 0.000000147. The number of hydrogen-bond donors (Lipinski definition) is 0. The van der Waals surface area contributed by atoms with E-state index < -0.39 is 0 Å². The van der Waals surface area contributed by atoms with Crippen LogP contribution in [0.25, 0.3) is 43.9 Å². The van der Waals surface area contributed by atoms with Gasteiger partial charge < -0.3 is 49.3 Å². The Morgan fingerprint density at radius 2 is 0.879 bits per heavy atom. The van der Waals surface area contributed by atoms with Crippen molar-refractivity contribution in [1.29, 1.82) is 0 Å². The fourth-order valence-electron chi connectivity index (χ4n) is 6.07. The first-order valence-electron chi connectivity index (χ1n) is 18.2. The minimum Gasteiger partial charge on any atom is -0.510 e. The molecule has 0 fully saturated rings. The van der Waals surface area contributed by atoms with Crippen molar-refractivity contribution in [1.82, 2.24) is 29.7 Å². The third-order valence-electron chi connectivity index (χ3n) is 8.96. The molecule has 10 nitrogen and oxygen atoms in total. The zero-order valence-electron chi connectivity index (χ0n) is 33.1. The maximum atomic E-state index is 4.53. The van der Waals surface area contributed by atoms with Crippen LogP contribution in [0.1, 0.15) is 0 Å². The Morgan fingerprint density at radius 1 is 0.483 bits per heavy atom. The van der Waals surface area contributed by atoms with Gasteiger partial charge in [0, 0.05) is 82.0 Å². The molecule has 0 bridgehead atoms. The van der Waals surface area contributed by atoms with Crippen LogP contribution in [0.4, 0.5) is 23.0 Å². The minimum atomic E-state index is 0. The molecule has 0 unspecified atom stereocenters. The number of para-hydroxylation sites is 4. The van der Waals surface area contributed by atoms with Crippen LogP contribution < -0.4 is 29.6 Å². The van der Waals surface area contributed by atoms with E-state index in [1.165, 1.54) is 10.8 Å². The molecule has 0 N–H and O–H groups in total. The first kappa shape index (κ1) is 43.6. The van der Waals surface area contributed by atoms with Crippen LogP contribution in [0.15, 0.2) is 146 Å². The quantitative estimate of drug-likeness (QED) is 0.161. The summed E-state index contributed by atoms with van der Waals surface area (Å²) >= 11 is 0. The van der Waals surface area contributed by atoms with E-state index in [2.05, 4.69) is 56.3 Å².